The third-order valence-electron chi connectivity index (χ3n) is 4.99. The Morgan fingerprint density at radius 3 is 2.58 bits per heavy atom. The number of anilines is 1. The number of carbonyl (C=O) groups is 2. The van der Waals surface area contributed by atoms with Crippen molar-refractivity contribution in [1.82, 2.24) is 25.1 Å². The van der Waals surface area contributed by atoms with E-state index in [9.17, 15) is 14.0 Å². The van der Waals surface area contributed by atoms with Gasteiger partial charge in [0.1, 0.15) is 18.0 Å². The summed E-state index contributed by atoms with van der Waals surface area (Å²) >= 11 is 0. The number of hydrogen-bond donors (Lipinski definition) is 2. The van der Waals surface area contributed by atoms with Crippen molar-refractivity contribution in [2.24, 2.45) is 0 Å². The first-order chi connectivity index (χ1) is 16.1. The molecule has 2 N–H and O–H groups in total. The molecule has 4 aromatic rings. The van der Waals surface area contributed by atoms with Crippen LogP contribution in [0.15, 0.2) is 61.1 Å². The molecule has 1 amide bonds. The molecule has 33 heavy (non-hydrogen) atoms. The van der Waals surface area contributed by atoms with Gasteiger partial charge in [-0.25, -0.2) is 23.8 Å². The summed E-state index contributed by atoms with van der Waals surface area (Å²) in [5.41, 5.74) is 1.96. The highest BCUT2D eigenvalue weighted by molar-refractivity contribution is 6.05. The molecule has 4 rings (SSSR count). The molecule has 0 aliphatic heterocycles. The van der Waals surface area contributed by atoms with Crippen molar-refractivity contribution in [1.29, 1.82) is 0 Å². The van der Waals surface area contributed by atoms with Crippen LogP contribution < -0.4 is 10.6 Å². The SMILES string of the molecule is COC(=O)c1ccccc1C(=O)NCCn1ncc2c(NCc3ccc(F)cc3)ncnc21. The molecule has 0 saturated heterocycles. The standard InChI is InChI=1S/C23H21FN6O3/c1-33-23(32)18-5-3-2-4-17(18)22(31)25-10-11-30-21-19(13-29-30)20(27-14-28-21)26-12-15-6-8-16(24)9-7-15/h2-9,13-14H,10-12H2,1H3,(H,25,31)(H,26,27,28). The molecule has 0 spiro atoms. The molecule has 0 atom stereocenters. The van der Waals surface area contributed by atoms with Crippen LogP contribution in [0.3, 0.4) is 0 Å². The Balaban J connectivity index is 1.41. The molecular formula is C23H21FN6O3. The van der Waals surface area contributed by atoms with Crippen LogP contribution >= 0.6 is 0 Å². The van der Waals surface area contributed by atoms with E-state index < -0.39 is 5.97 Å². The van der Waals surface area contributed by atoms with Crippen LogP contribution in [-0.4, -0.2) is 45.3 Å². The maximum atomic E-state index is 13.1. The van der Waals surface area contributed by atoms with E-state index in [4.69, 9.17) is 4.74 Å². The Labute approximate surface area is 188 Å². The maximum absolute atomic E-state index is 13.1. The zero-order valence-corrected chi connectivity index (χ0v) is 17.8. The molecule has 9 nitrogen and oxygen atoms in total. The fourth-order valence-electron chi connectivity index (χ4n) is 3.33. The summed E-state index contributed by atoms with van der Waals surface area (Å²) in [7, 11) is 1.27. The van der Waals surface area contributed by atoms with E-state index in [1.165, 1.54) is 25.6 Å². The van der Waals surface area contributed by atoms with E-state index in [2.05, 4.69) is 25.7 Å². The average Bonchev–Trinajstić information content (AvgIpc) is 3.26. The molecule has 0 unspecified atom stereocenters. The number of nitrogens with one attached hydrogen (secondary N) is 2. The number of halogens is 1. The van der Waals surface area contributed by atoms with E-state index in [1.807, 2.05) is 0 Å². The predicted molar refractivity (Wildman–Crippen MR) is 119 cm³/mol. The lowest BCUT2D eigenvalue weighted by molar-refractivity contribution is 0.0596. The van der Waals surface area contributed by atoms with Crippen molar-refractivity contribution >= 4 is 28.7 Å². The molecule has 2 aromatic heterocycles. The van der Waals surface area contributed by atoms with Crippen molar-refractivity contribution in [3.05, 3.63) is 83.6 Å². The van der Waals surface area contributed by atoms with Crippen molar-refractivity contribution in [2.75, 3.05) is 19.0 Å². The van der Waals surface area contributed by atoms with Gasteiger partial charge in [0.25, 0.3) is 5.91 Å². The van der Waals surface area contributed by atoms with Gasteiger partial charge in [-0.05, 0) is 29.8 Å². The van der Waals surface area contributed by atoms with Crippen LogP contribution in [-0.2, 0) is 17.8 Å². The molecule has 0 fully saturated rings. The van der Waals surface area contributed by atoms with Gasteiger partial charge >= 0.3 is 5.97 Å². The molecule has 168 valence electrons. The molecule has 2 aromatic carbocycles. The lowest BCUT2D eigenvalue weighted by Crippen LogP contribution is -2.29. The monoisotopic (exact) mass is 448 g/mol. The van der Waals surface area contributed by atoms with Gasteiger partial charge in [-0.2, -0.15) is 5.10 Å². The van der Waals surface area contributed by atoms with E-state index in [-0.39, 0.29) is 29.4 Å². The highest BCUT2D eigenvalue weighted by Gasteiger charge is 2.17. The molecular weight excluding hydrogens is 427 g/mol. The minimum Gasteiger partial charge on any atom is -0.465 e. The quantitative estimate of drug-likeness (QED) is 0.399. The Morgan fingerprint density at radius 2 is 1.82 bits per heavy atom. The molecule has 0 bridgehead atoms. The van der Waals surface area contributed by atoms with Crippen LogP contribution in [0, 0.1) is 5.82 Å². The molecule has 0 aliphatic carbocycles. The average molecular weight is 448 g/mol. The molecule has 0 radical (unpaired) electrons. The Morgan fingerprint density at radius 1 is 1.06 bits per heavy atom. The lowest BCUT2D eigenvalue weighted by atomic mass is 10.1. The second kappa shape index (κ2) is 9.86. The van der Waals surface area contributed by atoms with E-state index >= 15 is 0 Å². The molecule has 0 aliphatic rings. The number of carbonyl (C=O) groups excluding carboxylic acids is 2. The number of ether oxygens (including phenoxy) is 1. The number of amides is 1. The van der Waals surface area contributed by atoms with Gasteiger partial charge in [0.15, 0.2) is 5.65 Å². The second-order valence-corrected chi connectivity index (χ2v) is 7.10. The first kappa shape index (κ1) is 21.9. The fraction of sp³-hybridized carbons (Fsp3) is 0.174. The van der Waals surface area contributed by atoms with Gasteiger partial charge in [-0.1, -0.05) is 24.3 Å². The molecule has 0 saturated carbocycles. The van der Waals surface area contributed by atoms with Crippen molar-refractivity contribution in [3.8, 4) is 0 Å². The van der Waals surface area contributed by atoms with Crippen LogP contribution in [0.4, 0.5) is 10.2 Å². The van der Waals surface area contributed by atoms with Crippen LogP contribution in [0.25, 0.3) is 11.0 Å². The third-order valence-corrected chi connectivity index (χ3v) is 4.99. The van der Waals surface area contributed by atoms with Crippen molar-refractivity contribution in [3.63, 3.8) is 0 Å². The van der Waals surface area contributed by atoms with Crippen LogP contribution in [0.5, 0.6) is 0 Å². The number of nitrogens with zero attached hydrogens (tertiary/aromatic N) is 4. The van der Waals surface area contributed by atoms with E-state index in [0.29, 0.717) is 24.6 Å². The third kappa shape index (κ3) is 4.95. The molecule has 2 heterocycles. The Hall–Kier alpha value is -4.34. The number of rotatable bonds is 8. The number of aromatic nitrogens is 4. The maximum Gasteiger partial charge on any atom is 0.338 e. The lowest BCUT2D eigenvalue weighted by Gasteiger charge is -2.09. The van der Waals surface area contributed by atoms with Crippen LogP contribution in [0.2, 0.25) is 0 Å². The zero-order valence-electron chi connectivity index (χ0n) is 17.8. The largest absolute Gasteiger partial charge is 0.465 e. The highest BCUT2D eigenvalue weighted by atomic mass is 19.1. The minimum atomic E-state index is -0.573. The van der Waals surface area contributed by atoms with Gasteiger partial charge in [0.05, 0.1) is 36.4 Å². The van der Waals surface area contributed by atoms with Gasteiger partial charge in [0, 0.05) is 13.1 Å². The van der Waals surface area contributed by atoms with E-state index in [1.54, 1.807) is 47.3 Å². The summed E-state index contributed by atoms with van der Waals surface area (Å²) in [6, 6.07) is 12.7. The minimum absolute atomic E-state index is 0.201. The number of benzene rings is 2. The topological polar surface area (TPSA) is 111 Å². The van der Waals surface area contributed by atoms with Crippen molar-refractivity contribution < 1.29 is 18.7 Å². The van der Waals surface area contributed by atoms with E-state index in [0.717, 1.165) is 10.9 Å². The number of esters is 1. The smallest absolute Gasteiger partial charge is 0.338 e. The number of fused-ring (bicyclic) bond motifs is 1. The number of methoxy groups -OCH3 is 1. The summed E-state index contributed by atoms with van der Waals surface area (Å²) in [6.45, 7) is 1.10. The summed E-state index contributed by atoms with van der Waals surface area (Å²) < 4.78 is 19.5. The number of hydrogen-bond acceptors (Lipinski definition) is 7. The summed E-state index contributed by atoms with van der Waals surface area (Å²) in [4.78, 5) is 33.0. The first-order valence-corrected chi connectivity index (χ1v) is 10.2. The van der Waals surface area contributed by atoms with Gasteiger partial charge < -0.3 is 15.4 Å². The normalized spacial score (nSPS) is 10.7. The van der Waals surface area contributed by atoms with Gasteiger partial charge in [-0.15, -0.1) is 0 Å². The predicted octanol–water partition coefficient (Wildman–Crippen LogP) is 2.79. The highest BCUT2D eigenvalue weighted by Crippen LogP contribution is 2.19. The zero-order chi connectivity index (χ0) is 23.2. The second-order valence-electron chi connectivity index (χ2n) is 7.10. The fourth-order valence-corrected chi connectivity index (χ4v) is 3.33. The van der Waals surface area contributed by atoms with Gasteiger partial charge in [0.2, 0.25) is 0 Å². The first-order valence-electron chi connectivity index (χ1n) is 10.2. The summed E-state index contributed by atoms with van der Waals surface area (Å²) in [5, 5.41) is 11.1. The van der Waals surface area contributed by atoms with Gasteiger partial charge in [-0.3, -0.25) is 4.79 Å². The Kier molecular flexibility index (Phi) is 6.53. The Bertz CT molecular complexity index is 1290. The summed E-state index contributed by atoms with van der Waals surface area (Å²) in [5.74, 6) is -0.642. The van der Waals surface area contributed by atoms with Crippen LogP contribution in [0.1, 0.15) is 26.3 Å². The summed E-state index contributed by atoms with van der Waals surface area (Å²) in [6.07, 6.45) is 3.08. The van der Waals surface area contributed by atoms with Crippen molar-refractivity contribution in [2.45, 2.75) is 13.1 Å². The molecule has 10 heteroatoms.